The zero-order valence-corrected chi connectivity index (χ0v) is 24.3. The monoisotopic (exact) mass is 588 g/mol. The number of ketones is 4. The van der Waals surface area contributed by atoms with Gasteiger partial charge in [0.2, 0.25) is 11.6 Å². The zero-order chi connectivity index (χ0) is 30.1. The quantitative estimate of drug-likeness (QED) is 0.192. The van der Waals surface area contributed by atoms with Crippen LogP contribution in [-0.4, -0.2) is 29.7 Å². The number of hydrogen-bond donors (Lipinski definition) is 0. The molecule has 1 aliphatic rings. The number of fused-ring (bicyclic) bond motifs is 1. The maximum absolute atomic E-state index is 11.2. The van der Waals surface area contributed by atoms with Gasteiger partial charge in [-0.2, -0.15) is 0 Å². The minimum atomic E-state index is -0.733. The molecule has 0 radical (unpaired) electrons. The van der Waals surface area contributed by atoms with Crippen LogP contribution in [0.2, 0.25) is 0 Å². The Labute approximate surface area is 253 Å². The van der Waals surface area contributed by atoms with Crippen molar-refractivity contribution in [1.29, 1.82) is 0 Å². The average Bonchev–Trinajstić information content (AvgIpc) is 2.93. The van der Waals surface area contributed by atoms with Gasteiger partial charge in [-0.15, -0.1) is 6.61 Å². The standard InChI is InChI=1S/C10H6O3.2C10H10O2.C2H5O.Ti/c11-8-5-9(12)10(13)7-4-2-1-3-6(7)8;2*1-8(11)7-10(12)9-5-3-2-4-6-9;1-2-3;/h1-5,11H;2*2-7,12H,1H3;2H2,1H3;/q;;;-1;+4/p-3. The molecule has 0 spiro atoms. The molecular weight excluding hydrogens is 560 g/mol. The summed E-state index contributed by atoms with van der Waals surface area (Å²) in [5.41, 5.74) is 1.62. The van der Waals surface area contributed by atoms with Gasteiger partial charge < -0.3 is 20.4 Å². The first-order valence-corrected chi connectivity index (χ1v) is 12.1. The van der Waals surface area contributed by atoms with Crippen molar-refractivity contribution in [3.63, 3.8) is 0 Å². The van der Waals surface area contributed by atoms with Crippen LogP contribution in [0.15, 0.2) is 103 Å². The van der Waals surface area contributed by atoms with Crippen LogP contribution in [0.1, 0.15) is 47.8 Å². The van der Waals surface area contributed by atoms with Crippen LogP contribution in [-0.2, 0) is 36.1 Å². The average molecular weight is 588 g/mol. The van der Waals surface area contributed by atoms with Gasteiger partial charge in [0.25, 0.3) is 0 Å². The van der Waals surface area contributed by atoms with E-state index in [1.807, 2.05) is 12.1 Å². The number of carbonyl (C=O) groups is 4. The third-order valence-corrected chi connectivity index (χ3v) is 4.71. The van der Waals surface area contributed by atoms with Crippen LogP contribution in [0, 0.1) is 0 Å². The van der Waals surface area contributed by atoms with Crippen molar-refractivity contribution in [2.24, 2.45) is 0 Å². The topological polar surface area (TPSA) is 161 Å². The molecule has 0 atom stereocenters. The smallest absolute Gasteiger partial charge is 0.872 e. The van der Waals surface area contributed by atoms with E-state index in [2.05, 4.69) is 0 Å². The molecule has 0 N–H and O–H groups in total. The van der Waals surface area contributed by atoms with E-state index in [1.54, 1.807) is 73.7 Å². The molecule has 9 heteroatoms. The molecule has 0 amide bonds. The first kappa shape index (κ1) is 36.6. The Hall–Kier alpha value is -4.37. The maximum atomic E-state index is 11.2. The molecule has 0 bridgehead atoms. The van der Waals surface area contributed by atoms with Crippen LogP contribution in [0.4, 0.5) is 0 Å². The van der Waals surface area contributed by atoms with Gasteiger partial charge in [0.15, 0.2) is 11.6 Å². The van der Waals surface area contributed by atoms with Gasteiger partial charge in [0, 0.05) is 5.56 Å². The fraction of sp³-hybridized carbons (Fsp3) is 0.125. The van der Waals surface area contributed by atoms with Crippen molar-refractivity contribution in [3.05, 3.63) is 125 Å². The molecule has 8 nitrogen and oxygen atoms in total. The molecule has 0 heterocycles. The third kappa shape index (κ3) is 13.5. The van der Waals surface area contributed by atoms with Gasteiger partial charge in [-0.3, -0.25) is 19.2 Å². The van der Waals surface area contributed by atoms with Gasteiger partial charge in [-0.25, -0.2) is 0 Å². The molecule has 0 fully saturated rings. The molecule has 0 aliphatic heterocycles. The molecule has 0 saturated heterocycles. The molecule has 0 aromatic heterocycles. The van der Waals surface area contributed by atoms with Crippen LogP contribution in [0.5, 0.6) is 0 Å². The molecule has 4 rings (SSSR count). The van der Waals surface area contributed by atoms with Crippen molar-refractivity contribution < 1.29 is 61.3 Å². The van der Waals surface area contributed by atoms with Crippen molar-refractivity contribution in [1.82, 2.24) is 0 Å². The van der Waals surface area contributed by atoms with E-state index in [4.69, 9.17) is 5.11 Å². The summed E-state index contributed by atoms with van der Waals surface area (Å²) in [4.78, 5) is 43.3. The fourth-order valence-electron chi connectivity index (χ4n) is 3.03. The number of Topliss-reactive ketones (excluding diaryl/α,β-unsaturated/α-hetero) is 1. The second-order valence-corrected chi connectivity index (χ2v) is 8.01. The fourth-order valence-corrected chi connectivity index (χ4v) is 3.03. The Bertz CT molecular complexity index is 1330. The zero-order valence-electron chi connectivity index (χ0n) is 22.8. The summed E-state index contributed by atoms with van der Waals surface area (Å²) in [6, 6.07) is 23.8. The summed E-state index contributed by atoms with van der Waals surface area (Å²) in [7, 11) is 0. The van der Waals surface area contributed by atoms with E-state index in [1.165, 1.54) is 19.9 Å². The number of carbonyl (C=O) groups excluding carboxylic acids is 4. The van der Waals surface area contributed by atoms with Gasteiger partial charge in [0.1, 0.15) is 0 Å². The van der Waals surface area contributed by atoms with Crippen molar-refractivity contribution in [3.8, 4) is 0 Å². The van der Waals surface area contributed by atoms with E-state index in [9.17, 15) is 34.5 Å². The molecule has 0 unspecified atom stereocenters. The number of rotatable bonds is 4. The molecule has 3 aromatic carbocycles. The first-order valence-electron chi connectivity index (χ1n) is 12.1. The van der Waals surface area contributed by atoms with Crippen molar-refractivity contribution in [2.75, 3.05) is 6.61 Å². The molecular formula is C32H28O8Ti. The van der Waals surface area contributed by atoms with Crippen LogP contribution >= 0.6 is 0 Å². The normalized spacial score (nSPS) is 11.9. The Kier molecular flexibility index (Phi) is 17.6. The number of benzene rings is 3. The number of hydrogen-bond acceptors (Lipinski definition) is 8. The summed E-state index contributed by atoms with van der Waals surface area (Å²) in [6.45, 7) is 4.29. The summed E-state index contributed by atoms with van der Waals surface area (Å²) in [5.74, 6) is -2.63. The summed E-state index contributed by atoms with van der Waals surface area (Å²) in [5, 5.41) is 42.5. The molecule has 3 aromatic rings. The van der Waals surface area contributed by atoms with E-state index in [0.29, 0.717) is 16.7 Å². The SMILES string of the molecule is CC(=O)C=C([O-])c1ccccc1.CC(=O)C=C([O-])c1ccccc1.CC[O-].O=C1C=C([O-])c2ccccc2C1=O.[Ti+4]. The largest absolute Gasteiger partial charge is 4.00 e. The molecule has 1 aliphatic carbocycles. The maximum Gasteiger partial charge on any atom is 4.00 e. The van der Waals surface area contributed by atoms with Crippen molar-refractivity contribution in [2.45, 2.75) is 20.8 Å². The first-order chi connectivity index (χ1) is 19.0. The Morgan fingerprint density at radius 2 is 1.02 bits per heavy atom. The third-order valence-electron chi connectivity index (χ3n) is 4.71. The van der Waals surface area contributed by atoms with Crippen LogP contribution < -0.4 is 20.4 Å². The second kappa shape index (κ2) is 19.7. The van der Waals surface area contributed by atoms with E-state index >= 15 is 0 Å². The van der Waals surface area contributed by atoms with Gasteiger partial charge in [0.05, 0.1) is 0 Å². The predicted octanol–water partition coefficient (Wildman–Crippen LogP) is 1.47. The van der Waals surface area contributed by atoms with Crippen LogP contribution in [0.3, 0.4) is 0 Å². The van der Waals surface area contributed by atoms with E-state index in [-0.39, 0.29) is 62.7 Å². The summed E-state index contributed by atoms with van der Waals surface area (Å²) >= 11 is 0. The predicted molar refractivity (Wildman–Crippen MR) is 144 cm³/mol. The van der Waals surface area contributed by atoms with Gasteiger partial charge in [-0.1, -0.05) is 109 Å². The minimum Gasteiger partial charge on any atom is -0.872 e. The van der Waals surface area contributed by atoms with E-state index < -0.39 is 11.6 Å². The number of allylic oxidation sites excluding steroid dienone is 3. The summed E-state index contributed by atoms with van der Waals surface area (Å²) in [6.07, 6.45) is 3.02. The molecule has 208 valence electrons. The second-order valence-electron chi connectivity index (χ2n) is 8.01. The van der Waals surface area contributed by atoms with E-state index in [0.717, 1.165) is 18.2 Å². The van der Waals surface area contributed by atoms with Gasteiger partial charge >= 0.3 is 21.7 Å². The van der Waals surface area contributed by atoms with Crippen molar-refractivity contribution >= 4 is 40.4 Å². The Morgan fingerprint density at radius 1 is 0.683 bits per heavy atom. The Morgan fingerprint density at radius 3 is 1.39 bits per heavy atom. The van der Waals surface area contributed by atoms with Crippen LogP contribution in [0.25, 0.3) is 17.3 Å². The minimum absolute atomic E-state index is 0. The Balaban J connectivity index is 0.000000552. The summed E-state index contributed by atoms with van der Waals surface area (Å²) < 4.78 is 0. The van der Waals surface area contributed by atoms with Gasteiger partial charge in [-0.05, 0) is 48.8 Å². The molecule has 41 heavy (non-hydrogen) atoms. The molecule has 0 saturated carbocycles.